The van der Waals surface area contributed by atoms with E-state index in [1.54, 1.807) is 20.1 Å². The zero-order chi connectivity index (χ0) is 16.4. The molecular weight excluding hydrogens is 298 g/mol. The second kappa shape index (κ2) is 6.33. The monoisotopic (exact) mass is 317 g/mol. The molecule has 0 fully saturated rings. The normalized spacial score (nSPS) is 15.8. The van der Waals surface area contributed by atoms with Crippen LogP contribution in [0.25, 0.3) is 0 Å². The van der Waals surface area contributed by atoms with Crippen molar-refractivity contribution in [3.05, 3.63) is 29.4 Å². The van der Waals surface area contributed by atoms with Crippen LogP contribution in [-0.4, -0.2) is 45.6 Å². The van der Waals surface area contributed by atoms with Crippen LogP contribution in [0, 0.1) is 6.92 Å². The third-order valence-electron chi connectivity index (χ3n) is 3.99. The molecule has 0 bridgehead atoms. The van der Waals surface area contributed by atoms with Gasteiger partial charge in [0.15, 0.2) is 5.82 Å². The standard InChI is InChI=1S/C15H19N5O3/c1-9-6-13(19-23-9)18-14(21)10(2)20-5-4-12-11(7-20)15(22-3)17-8-16-12/h6,8,10H,4-5,7H2,1-3H3,(H,18,19,21)/t10-/m1/s1. The summed E-state index contributed by atoms with van der Waals surface area (Å²) in [4.78, 5) is 22.9. The number of aromatic nitrogens is 3. The first-order chi connectivity index (χ1) is 11.1. The Kier molecular flexibility index (Phi) is 4.24. The summed E-state index contributed by atoms with van der Waals surface area (Å²) in [6.45, 7) is 4.97. The number of hydrogen-bond acceptors (Lipinski definition) is 7. The van der Waals surface area contributed by atoms with Gasteiger partial charge in [0.2, 0.25) is 11.8 Å². The SMILES string of the molecule is COc1ncnc2c1CN([C@H](C)C(=O)Nc1cc(C)on1)CC2. The highest BCUT2D eigenvalue weighted by Crippen LogP contribution is 2.25. The van der Waals surface area contributed by atoms with Gasteiger partial charge in [-0.2, -0.15) is 0 Å². The van der Waals surface area contributed by atoms with Crippen molar-refractivity contribution < 1.29 is 14.1 Å². The number of methoxy groups -OCH3 is 1. The van der Waals surface area contributed by atoms with Gasteiger partial charge in [-0.15, -0.1) is 0 Å². The molecule has 2 aromatic heterocycles. The number of aryl methyl sites for hydroxylation is 1. The van der Waals surface area contributed by atoms with Crippen LogP contribution in [0.5, 0.6) is 5.88 Å². The predicted molar refractivity (Wildman–Crippen MR) is 82.0 cm³/mol. The summed E-state index contributed by atoms with van der Waals surface area (Å²) in [5, 5.41) is 6.55. The minimum Gasteiger partial charge on any atom is -0.481 e. The van der Waals surface area contributed by atoms with Crippen LogP contribution in [0.15, 0.2) is 16.9 Å². The van der Waals surface area contributed by atoms with Crippen LogP contribution in [0.2, 0.25) is 0 Å². The fraction of sp³-hybridized carbons (Fsp3) is 0.467. The molecule has 0 saturated heterocycles. The summed E-state index contributed by atoms with van der Waals surface area (Å²) in [7, 11) is 1.59. The number of rotatable bonds is 4. The van der Waals surface area contributed by atoms with Gasteiger partial charge < -0.3 is 14.6 Å². The number of nitrogens with zero attached hydrogens (tertiary/aromatic N) is 4. The maximum atomic E-state index is 12.4. The summed E-state index contributed by atoms with van der Waals surface area (Å²) >= 11 is 0. The highest BCUT2D eigenvalue weighted by Gasteiger charge is 2.28. The molecule has 2 aromatic rings. The number of anilines is 1. The Morgan fingerprint density at radius 2 is 2.30 bits per heavy atom. The molecule has 0 radical (unpaired) electrons. The van der Waals surface area contributed by atoms with Crippen LogP contribution < -0.4 is 10.1 Å². The maximum Gasteiger partial charge on any atom is 0.242 e. The van der Waals surface area contributed by atoms with Crippen LogP contribution >= 0.6 is 0 Å². The second-order valence-corrected chi connectivity index (χ2v) is 5.52. The molecule has 0 unspecified atom stereocenters. The molecule has 1 N–H and O–H groups in total. The number of carbonyl (C=O) groups excluding carboxylic acids is 1. The summed E-state index contributed by atoms with van der Waals surface area (Å²) in [5.74, 6) is 1.52. The molecule has 0 aromatic carbocycles. The van der Waals surface area contributed by atoms with E-state index in [-0.39, 0.29) is 11.9 Å². The number of fused-ring (bicyclic) bond motifs is 1. The van der Waals surface area contributed by atoms with E-state index in [1.165, 1.54) is 6.33 Å². The number of ether oxygens (including phenoxy) is 1. The summed E-state index contributed by atoms with van der Waals surface area (Å²) < 4.78 is 10.3. The van der Waals surface area contributed by atoms with Gasteiger partial charge >= 0.3 is 0 Å². The van der Waals surface area contributed by atoms with Crippen LogP contribution in [-0.2, 0) is 17.8 Å². The van der Waals surface area contributed by atoms with Crippen molar-refractivity contribution >= 4 is 11.7 Å². The molecule has 0 aliphatic carbocycles. The van der Waals surface area contributed by atoms with Crippen molar-refractivity contribution in [3.8, 4) is 5.88 Å². The van der Waals surface area contributed by atoms with E-state index >= 15 is 0 Å². The number of hydrogen-bond donors (Lipinski definition) is 1. The number of nitrogens with one attached hydrogen (secondary N) is 1. The van der Waals surface area contributed by atoms with Gasteiger partial charge in [-0.1, -0.05) is 5.16 Å². The molecule has 0 spiro atoms. The molecule has 122 valence electrons. The van der Waals surface area contributed by atoms with Crippen molar-refractivity contribution in [3.63, 3.8) is 0 Å². The minimum atomic E-state index is -0.315. The molecule has 1 atom stereocenters. The minimum absolute atomic E-state index is 0.127. The Balaban J connectivity index is 1.71. The lowest BCUT2D eigenvalue weighted by Crippen LogP contribution is -2.44. The Morgan fingerprint density at radius 1 is 1.48 bits per heavy atom. The Hall–Kier alpha value is -2.48. The van der Waals surface area contributed by atoms with Gasteiger partial charge in [-0.25, -0.2) is 9.97 Å². The van der Waals surface area contributed by atoms with Gasteiger partial charge in [0.1, 0.15) is 12.1 Å². The highest BCUT2D eigenvalue weighted by atomic mass is 16.5. The molecule has 23 heavy (non-hydrogen) atoms. The van der Waals surface area contributed by atoms with E-state index in [0.29, 0.717) is 24.0 Å². The van der Waals surface area contributed by atoms with Crippen LogP contribution in [0.4, 0.5) is 5.82 Å². The predicted octanol–water partition coefficient (Wildman–Crippen LogP) is 1.17. The van der Waals surface area contributed by atoms with Crippen molar-refractivity contribution in [1.29, 1.82) is 0 Å². The topological polar surface area (TPSA) is 93.4 Å². The smallest absolute Gasteiger partial charge is 0.242 e. The van der Waals surface area contributed by atoms with E-state index < -0.39 is 0 Å². The zero-order valence-electron chi connectivity index (χ0n) is 13.4. The lowest BCUT2D eigenvalue weighted by atomic mass is 10.0. The van der Waals surface area contributed by atoms with Crippen LogP contribution in [0.1, 0.15) is 23.9 Å². The number of amides is 1. The number of carbonyl (C=O) groups is 1. The molecule has 1 amide bonds. The molecule has 1 aliphatic heterocycles. The van der Waals surface area contributed by atoms with Crippen molar-refractivity contribution in [2.75, 3.05) is 19.0 Å². The molecule has 3 rings (SSSR count). The molecule has 0 saturated carbocycles. The van der Waals surface area contributed by atoms with Gasteiger partial charge in [-0.3, -0.25) is 9.69 Å². The first-order valence-electron chi connectivity index (χ1n) is 7.43. The average molecular weight is 317 g/mol. The zero-order valence-corrected chi connectivity index (χ0v) is 13.4. The average Bonchev–Trinajstić information content (AvgIpc) is 2.97. The Labute approximate surface area is 133 Å². The summed E-state index contributed by atoms with van der Waals surface area (Å²) in [5.41, 5.74) is 1.92. The van der Waals surface area contributed by atoms with E-state index in [4.69, 9.17) is 9.26 Å². The summed E-state index contributed by atoms with van der Waals surface area (Å²) in [6.07, 6.45) is 2.27. The fourth-order valence-electron chi connectivity index (χ4n) is 2.66. The van der Waals surface area contributed by atoms with E-state index in [2.05, 4.69) is 25.3 Å². The van der Waals surface area contributed by atoms with E-state index in [0.717, 1.165) is 24.2 Å². The highest BCUT2D eigenvalue weighted by molar-refractivity contribution is 5.93. The lowest BCUT2D eigenvalue weighted by molar-refractivity contribution is -0.121. The first-order valence-corrected chi connectivity index (χ1v) is 7.43. The van der Waals surface area contributed by atoms with E-state index in [1.807, 2.05) is 6.92 Å². The third-order valence-corrected chi connectivity index (χ3v) is 3.99. The maximum absolute atomic E-state index is 12.4. The quantitative estimate of drug-likeness (QED) is 0.904. The van der Waals surface area contributed by atoms with Gasteiger partial charge in [-0.05, 0) is 13.8 Å². The van der Waals surface area contributed by atoms with Gasteiger partial charge in [0, 0.05) is 31.1 Å². The van der Waals surface area contributed by atoms with Crippen LogP contribution in [0.3, 0.4) is 0 Å². The van der Waals surface area contributed by atoms with Crippen molar-refractivity contribution in [1.82, 2.24) is 20.0 Å². The summed E-state index contributed by atoms with van der Waals surface area (Å²) in [6, 6.07) is 1.37. The fourth-order valence-corrected chi connectivity index (χ4v) is 2.66. The second-order valence-electron chi connectivity index (χ2n) is 5.52. The van der Waals surface area contributed by atoms with E-state index in [9.17, 15) is 4.79 Å². The Morgan fingerprint density at radius 3 is 3.00 bits per heavy atom. The third kappa shape index (κ3) is 3.16. The first kappa shape index (κ1) is 15.4. The van der Waals surface area contributed by atoms with Gasteiger partial charge in [0.25, 0.3) is 0 Å². The lowest BCUT2D eigenvalue weighted by Gasteiger charge is -2.32. The molecule has 8 heteroatoms. The molecular formula is C15H19N5O3. The molecule has 8 nitrogen and oxygen atoms in total. The van der Waals surface area contributed by atoms with Crippen molar-refractivity contribution in [2.45, 2.75) is 32.9 Å². The largest absolute Gasteiger partial charge is 0.481 e. The molecule has 1 aliphatic rings. The Bertz CT molecular complexity index is 701. The molecule has 3 heterocycles. The van der Waals surface area contributed by atoms with Crippen molar-refractivity contribution in [2.24, 2.45) is 0 Å². The van der Waals surface area contributed by atoms with Gasteiger partial charge in [0.05, 0.1) is 18.8 Å².